The van der Waals surface area contributed by atoms with Crippen molar-refractivity contribution in [2.45, 2.75) is 45.2 Å². The molecule has 0 aliphatic carbocycles. The standard InChI is InChI=1S/C17H21N5O2S/c1-10-5-6-15(11(2)7-10)23-8-16-19-20-17(22(16)18)25-9-14-12(3)21-24-13(14)4/h5-7H,8-9,18H2,1-4H3. The lowest BCUT2D eigenvalue weighted by atomic mass is 10.1. The maximum absolute atomic E-state index is 6.10. The van der Waals surface area contributed by atoms with Crippen molar-refractivity contribution >= 4 is 11.8 Å². The van der Waals surface area contributed by atoms with Crippen LogP contribution < -0.4 is 10.6 Å². The molecule has 0 aliphatic rings. The molecule has 0 saturated carbocycles. The molecule has 8 heteroatoms. The summed E-state index contributed by atoms with van der Waals surface area (Å²) in [4.78, 5) is 0. The zero-order valence-electron chi connectivity index (χ0n) is 14.7. The maximum atomic E-state index is 6.10. The lowest BCUT2D eigenvalue weighted by molar-refractivity contribution is 0.289. The molecule has 2 heterocycles. The Morgan fingerprint density at radius 3 is 2.68 bits per heavy atom. The first kappa shape index (κ1) is 17.3. The van der Waals surface area contributed by atoms with Crippen molar-refractivity contribution < 1.29 is 9.26 Å². The Labute approximate surface area is 150 Å². The van der Waals surface area contributed by atoms with E-state index in [1.165, 1.54) is 22.0 Å². The topological polar surface area (TPSA) is 92.0 Å². The van der Waals surface area contributed by atoms with E-state index in [9.17, 15) is 0 Å². The second-order valence-corrected chi connectivity index (χ2v) is 6.86. The third-order valence-electron chi connectivity index (χ3n) is 3.95. The van der Waals surface area contributed by atoms with Gasteiger partial charge in [0.1, 0.15) is 18.1 Å². The molecule has 132 valence electrons. The van der Waals surface area contributed by atoms with Crippen LogP contribution in [0.5, 0.6) is 5.75 Å². The Morgan fingerprint density at radius 1 is 1.20 bits per heavy atom. The minimum Gasteiger partial charge on any atom is -0.485 e. The van der Waals surface area contributed by atoms with Crippen LogP contribution >= 0.6 is 11.8 Å². The summed E-state index contributed by atoms with van der Waals surface area (Å²) in [5, 5.41) is 12.8. The van der Waals surface area contributed by atoms with Crippen LogP contribution in [0, 0.1) is 27.7 Å². The van der Waals surface area contributed by atoms with Crippen LogP contribution in [0.2, 0.25) is 0 Å². The van der Waals surface area contributed by atoms with Crippen LogP contribution in [0.1, 0.15) is 34.0 Å². The van der Waals surface area contributed by atoms with Gasteiger partial charge >= 0.3 is 0 Å². The van der Waals surface area contributed by atoms with Gasteiger partial charge in [-0.3, -0.25) is 0 Å². The van der Waals surface area contributed by atoms with Gasteiger partial charge in [0.25, 0.3) is 0 Å². The number of ether oxygens (including phenoxy) is 1. The van der Waals surface area contributed by atoms with Gasteiger partial charge in [0.05, 0.1) is 5.69 Å². The molecule has 2 N–H and O–H groups in total. The lowest BCUT2D eigenvalue weighted by Crippen LogP contribution is -2.16. The van der Waals surface area contributed by atoms with Crippen LogP contribution in [-0.2, 0) is 12.4 Å². The van der Waals surface area contributed by atoms with Crippen molar-refractivity contribution in [3.63, 3.8) is 0 Å². The second-order valence-electron chi connectivity index (χ2n) is 5.92. The van der Waals surface area contributed by atoms with Gasteiger partial charge in [-0.15, -0.1) is 10.2 Å². The Balaban J connectivity index is 1.65. The van der Waals surface area contributed by atoms with E-state index < -0.39 is 0 Å². The summed E-state index contributed by atoms with van der Waals surface area (Å²) in [5.41, 5.74) is 4.22. The summed E-state index contributed by atoms with van der Waals surface area (Å²) in [6, 6.07) is 6.04. The summed E-state index contributed by atoms with van der Waals surface area (Å²) in [5.74, 6) is 8.97. The predicted molar refractivity (Wildman–Crippen MR) is 96.0 cm³/mol. The van der Waals surface area contributed by atoms with Crippen LogP contribution in [0.4, 0.5) is 0 Å². The van der Waals surface area contributed by atoms with Gasteiger partial charge in [0, 0.05) is 11.3 Å². The molecule has 2 aromatic heterocycles. The van der Waals surface area contributed by atoms with Crippen molar-refractivity contribution in [3.8, 4) is 5.75 Å². The fourth-order valence-electron chi connectivity index (χ4n) is 2.45. The van der Waals surface area contributed by atoms with Gasteiger partial charge in [0.2, 0.25) is 5.16 Å². The minimum absolute atomic E-state index is 0.263. The third-order valence-corrected chi connectivity index (χ3v) is 4.92. The Hall–Kier alpha value is -2.48. The van der Waals surface area contributed by atoms with Crippen LogP contribution in [0.3, 0.4) is 0 Å². The van der Waals surface area contributed by atoms with Gasteiger partial charge in [-0.2, -0.15) is 0 Å². The monoisotopic (exact) mass is 359 g/mol. The number of aryl methyl sites for hydroxylation is 4. The largest absolute Gasteiger partial charge is 0.485 e. The van der Waals surface area contributed by atoms with E-state index in [1.54, 1.807) is 0 Å². The zero-order chi connectivity index (χ0) is 18.0. The predicted octanol–water partition coefficient (Wildman–Crippen LogP) is 3.08. The molecular weight excluding hydrogens is 338 g/mol. The number of rotatable bonds is 6. The van der Waals surface area contributed by atoms with E-state index in [0.717, 1.165) is 28.3 Å². The maximum Gasteiger partial charge on any atom is 0.210 e. The fourth-order valence-corrected chi connectivity index (χ4v) is 3.48. The molecule has 1 aromatic carbocycles. The fraction of sp³-hybridized carbons (Fsp3) is 0.353. The van der Waals surface area contributed by atoms with Crippen molar-refractivity contribution in [1.82, 2.24) is 20.0 Å². The van der Waals surface area contributed by atoms with Crippen LogP contribution in [-0.4, -0.2) is 20.0 Å². The van der Waals surface area contributed by atoms with Crippen molar-refractivity contribution in [2.75, 3.05) is 5.84 Å². The average molecular weight is 359 g/mol. The highest BCUT2D eigenvalue weighted by molar-refractivity contribution is 7.98. The highest BCUT2D eigenvalue weighted by Gasteiger charge is 2.15. The number of nitrogens with zero attached hydrogens (tertiary/aromatic N) is 4. The molecule has 0 saturated heterocycles. The number of nitrogens with two attached hydrogens (primary N) is 1. The van der Waals surface area contributed by atoms with Crippen LogP contribution in [0.25, 0.3) is 0 Å². The Bertz CT molecular complexity index is 868. The Kier molecular flexibility index (Phi) is 4.98. The summed E-state index contributed by atoms with van der Waals surface area (Å²) >= 11 is 1.49. The molecule has 0 atom stereocenters. The smallest absolute Gasteiger partial charge is 0.210 e. The molecule has 0 amide bonds. The molecule has 3 aromatic rings. The van der Waals surface area contributed by atoms with Gasteiger partial charge < -0.3 is 15.1 Å². The first-order valence-electron chi connectivity index (χ1n) is 7.89. The molecule has 7 nitrogen and oxygen atoms in total. The molecule has 0 spiro atoms. The average Bonchev–Trinajstić information content (AvgIpc) is 3.08. The van der Waals surface area contributed by atoms with Crippen molar-refractivity contribution in [2.24, 2.45) is 0 Å². The number of thioether (sulfide) groups is 1. The van der Waals surface area contributed by atoms with E-state index in [0.29, 0.717) is 16.7 Å². The first-order valence-corrected chi connectivity index (χ1v) is 8.88. The van der Waals surface area contributed by atoms with Crippen LogP contribution in [0.15, 0.2) is 27.9 Å². The third kappa shape index (κ3) is 3.79. The van der Waals surface area contributed by atoms with E-state index in [-0.39, 0.29) is 6.61 Å². The first-order chi connectivity index (χ1) is 12.0. The number of nitrogen functional groups attached to an aromatic ring is 1. The molecule has 0 aliphatic heterocycles. The SMILES string of the molecule is Cc1ccc(OCc2nnc(SCc3c(C)noc3C)n2N)c(C)c1. The molecule has 0 fully saturated rings. The van der Waals surface area contributed by atoms with Gasteiger partial charge in [-0.1, -0.05) is 34.6 Å². The molecule has 0 unspecified atom stereocenters. The highest BCUT2D eigenvalue weighted by Crippen LogP contribution is 2.25. The summed E-state index contributed by atoms with van der Waals surface area (Å²) in [6.45, 7) is 8.14. The van der Waals surface area contributed by atoms with E-state index in [2.05, 4.69) is 28.3 Å². The van der Waals surface area contributed by atoms with Crippen molar-refractivity contribution in [3.05, 3.63) is 52.2 Å². The zero-order valence-corrected chi connectivity index (χ0v) is 15.6. The summed E-state index contributed by atoms with van der Waals surface area (Å²) in [6.07, 6.45) is 0. The number of hydrogen-bond donors (Lipinski definition) is 1. The Morgan fingerprint density at radius 2 is 2.00 bits per heavy atom. The van der Waals surface area contributed by atoms with Gasteiger partial charge in [-0.25, -0.2) is 4.68 Å². The minimum atomic E-state index is 0.263. The molecular formula is C17H21N5O2S. The van der Waals surface area contributed by atoms with Crippen molar-refractivity contribution in [1.29, 1.82) is 0 Å². The number of benzene rings is 1. The molecule has 3 rings (SSSR count). The number of aromatic nitrogens is 4. The highest BCUT2D eigenvalue weighted by atomic mass is 32.2. The molecule has 25 heavy (non-hydrogen) atoms. The normalized spacial score (nSPS) is 11.0. The van der Waals surface area contributed by atoms with E-state index in [4.69, 9.17) is 15.1 Å². The number of hydrogen-bond acceptors (Lipinski definition) is 7. The molecule has 0 bridgehead atoms. The quantitative estimate of drug-likeness (QED) is 0.534. The lowest BCUT2D eigenvalue weighted by Gasteiger charge is -2.09. The van der Waals surface area contributed by atoms with E-state index in [1.807, 2.05) is 32.9 Å². The molecule has 0 radical (unpaired) electrons. The summed E-state index contributed by atoms with van der Waals surface area (Å²) in [7, 11) is 0. The van der Waals surface area contributed by atoms with Gasteiger partial charge in [-0.05, 0) is 39.3 Å². The summed E-state index contributed by atoms with van der Waals surface area (Å²) < 4.78 is 12.5. The van der Waals surface area contributed by atoms with E-state index >= 15 is 0 Å². The van der Waals surface area contributed by atoms with Gasteiger partial charge in [0.15, 0.2) is 5.82 Å². The second kappa shape index (κ2) is 7.18.